The van der Waals surface area contributed by atoms with Crippen LogP contribution in [0.15, 0.2) is 188 Å². The molecular formula is C50H31N5. The Bertz CT molecular complexity index is 3120. The molecule has 0 aliphatic rings. The maximum absolute atomic E-state index is 5.40. The summed E-state index contributed by atoms with van der Waals surface area (Å²) >= 11 is 0. The third-order valence-electron chi connectivity index (χ3n) is 10.6. The highest BCUT2D eigenvalue weighted by Gasteiger charge is 2.19. The topological polar surface area (TPSA) is 56.0 Å². The van der Waals surface area contributed by atoms with E-state index in [2.05, 4.69) is 168 Å². The summed E-state index contributed by atoms with van der Waals surface area (Å²) in [5.74, 6) is 0. The fourth-order valence-electron chi connectivity index (χ4n) is 8.03. The molecule has 0 saturated heterocycles. The van der Waals surface area contributed by atoms with Crippen molar-refractivity contribution in [2.45, 2.75) is 0 Å². The summed E-state index contributed by atoms with van der Waals surface area (Å²) in [6, 6.07) is 63.3. The molecule has 0 radical (unpaired) electrons. The summed E-state index contributed by atoms with van der Waals surface area (Å²) in [5, 5.41) is 6.73. The second-order valence-electron chi connectivity index (χ2n) is 13.9. The molecule has 5 heterocycles. The third kappa shape index (κ3) is 5.17. The average Bonchev–Trinajstić information content (AvgIpc) is 3.66. The highest BCUT2D eigenvalue weighted by Crippen LogP contribution is 2.39. The third-order valence-corrected chi connectivity index (χ3v) is 10.6. The molecule has 0 aliphatic carbocycles. The van der Waals surface area contributed by atoms with E-state index in [-0.39, 0.29) is 0 Å². The standard InChI is InChI=1S/C50H31N5/c1-2-14-33(15-3-1)48-50(55-29-13-12-24-46(55)54-48)34-27-25-32(26-28-34)44-30-35(47-40-20-6-4-16-36(40)38-18-8-10-22-42(38)52-47)31-45(51-44)49-41-21-7-5-17-37(41)39-19-9-11-23-43(39)53-49/h1-31H. The van der Waals surface area contributed by atoms with Crippen molar-refractivity contribution in [2.24, 2.45) is 0 Å². The van der Waals surface area contributed by atoms with Crippen LogP contribution < -0.4 is 0 Å². The van der Waals surface area contributed by atoms with E-state index < -0.39 is 0 Å². The molecule has 6 aromatic carbocycles. The zero-order valence-corrected chi connectivity index (χ0v) is 29.6. The number of rotatable bonds is 5. The first-order chi connectivity index (χ1) is 27.3. The van der Waals surface area contributed by atoms with Crippen LogP contribution in [0.25, 0.3) is 105 Å². The number of hydrogen-bond acceptors (Lipinski definition) is 4. The molecule has 0 fully saturated rings. The first-order valence-electron chi connectivity index (χ1n) is 18.5. The van der Waals surface area contributed by atoms with Gasteiger partial charge in [0.25, 0.3) is 0 Å². The Morgan fingerprint density at radius 3 is 1.53 bits per heavy atom. The highest BCUT2D eigenvalue weighted by molar-refractivity contribution is 6.12. The normalized spacial score (nSPS) is 11.6. The van der Waals surface area contributed by atoms with Crippen molar-refractivity contribution < 1.29 is 0 Å². The van der Waals surface area contributed by atoms with Gasteiger partial charge in [-0.15, -0.1) is 0 Å². The summed E-state index contributed by atoms with van der Waals surface area (Å²) in [6.07, 6.45) is 2.08. The van der Waals surface area contributed by atoms with E-state index in [4.69, 9.17) is 19.9 Å². The molecule has 0 saturated carbocycles. The van der Waals surface area contributed by atoms with Gasteiger partial charge in [0.05, 0.1) is 45.2 Å². The molecule has 0 spiro atoms. The molecule has 5 aromatic heterocycles. The van der Waals surface area contributed by atoms with Gasteiger partial charge >= 0.3 is 0 Å². The van der Waals surface area contributed by atoms with Crippen molar-refractivity contribution in [3.63, 3.8) is 0 Å². The monoisotopic (exact) mass is 701 g/mol. The van der Waals surface area contributed by atoms with Crippen LogP contribution in [0.1, 0.15) is 0 Å². The van der Waals surface area contributed by atoms with Crippen LogP contribution in [0.2, 0.25) is 0 Å². The number of para-hydroxylation sites is 2. The van der Waals surface area contributed by atoms with Crippen molar-refractivity contribution in [1.82, 2.24) is 24.3 Å². The number of pyridine rings is 4. The molecular weight excluding hydrogens is 671 g/mol. The Morgan fingerprint density at radius 2 is 0.836 bits per heavy atom. The molecule has 0 amide bonds. The van der Waals surface area contributed by atoms with Gasteiger partial charge in [-0.1, -0.05) is 146 Å². The van der Waals surface area contributed by atoms with E-state index in [1.807, 2.05) is 24.3 Å². The van der Waals surface area contributed by atoms with Gasteiger partial charge in [0.15, 0.2) is 0 Å². The van der Waals surface area contributed by atoms with E-state index in [1.54, 1.807) is 0 Å². The van der Waals surface area contributed by atoms with Crippen molar-refractivity contribution >= 4 is 49.0 Å². The molecule has 0 atom stereocenters. The Labute approximate surface area is 316 Å². The second kappa shape index (κ2) is 12.6. The fraction of sp³-hybridized carbons (Fsp3) is 0. The SMILES string of the molecule is c1ccc(-c2nc3ccccn3c2-c2ccc(-c3cc(-c4nc5ccccc5c5ccccc45)cc(-c4nc5ccccc5c5ccccc45)n3)cc2)cc1. The summed E-state index contributed by atoms with van der Waals surface area (Å²) in [5.41, 5.74) is 12.3. The zero-order valence-electron chi connectivity index (χ0n) is 29.6. The maximum atomic E-state index is 5.40. The minimum Gasteiger partial charge on any atom is -0.299 e. The van der Waals surface area contributed by atoms with E-state index in [0.717, 1.165) is 100 Å². The lowest BCUT2D eigenvalue weighted by atomic mass is 9.96. The second-order valence-corrected chi connectivity index (χ2v) is 13.9. The molecule has 0 N–H and O–H groups in total. The van der Waals surface area contributed by atoms with Crippen LogP contribution in [0.3, 0.4) is 0 Å². The largest absolute Gasteiger partial charge is 0.299 e. The number of hydrogen-bond donors (Lipinski definition) is 0. The van der Waals surface area contributed by atoms with Crippen LogP contribution in [-0.2, 0) is 0 Å². The van der Waals surface area contributed by atoms with Gasteiger partial charge in [0.1, 0.15) is 5.65 Å². The van der Waals surface area contributed by atoms with Gasteiger partial charge in [-0.25, -0.2) is 19.9 Å². The Hall–Kier alpha value is -7.50. The van der Waals surface area contributed by atoms with E-state index in [1.165, 1.54) is 5.39 Å². The van der Waals surface area contributed by atoms with Crippen LogP contribution >= 0.6 is 0 Å². The van der Waals surface area contributed by atoms with Crippen molar-refractivity contribution in [3.8, 4) is 56.4 Å². The predicted octanol–water partition coefficient (Wildman–Crippen LogP) is 12.5. The van der Waals surface area contributed by atoms with E-state index in [0.29, 0.717) is 0 Å². The Balaban J connectivity index is 1.14. The lowest BCUT2D eigenvalue weighted by molar-refractivity contribution is 1.19. The highest BCUT2D eigenvalue weighted by atomic mass is 15.0. The van der Waals surface area contributed by atoms with E-state index in [9.17, 15) is 0 Å². The lowest BCUT2D eigenvalue weighted by Crippen LogP contribution is -1.97. The van der Waals surface area contributed by atoms with E-state index >= 15 is 0 Å². The predicted molar refractivity (Wildman–Crippen MR) is 226 cm³/mol. The van der Waals surface area contributed by atoms with Gasteiger partial charge in [0, 0.05) is 50.0 Å². The van der Waals surface area contributed by atoms with Crippen LogP contribution in [-0.4, -0.2) is 24.3 Å². The minimum absolute atomic E-state index is 0.797. The first-order valence-corrected chi connectivity index (χ1v) is 18.5. The maximum Gasteiger partial charge on any atom is 0.137 e. The first kappa shape index (κ1) is 31.1. The molecule has 0 unspecified atom stereocenters. The number of nitrogens with zero attached hydrogens (tertiary/aromatic N) is 5. The Morgan fingerprint density at radius 1 is 0.309 bits per heavy atom. The molecule has 55 heavy (non-hydrogen) atoms. The molecule has 256 valence electrons. The van der Waals surface area contributed by atoms with Gasteiger partial charge in [-0.3, -0.25) is 4.40 Å². The fourth-order valence-corrected chi connectivity index (χ4v) is 8.03. The van der Waals surface area contributed by atoms with Crippen LogP contribution in [0, 0.1) is 0 Å². The minimum atomic E-state index is 0.797. The number of fused-ring (bicyclic) bond motifs is 7. The molecule has 0 bridgehead atoms. The summed E-state index contributed by atoms with van der Waals surface area (Å²) in [7, 11) is 0. The molecule has 0 aliphatic heterocycles. The van der Waals surface area contributed by atoms with Crippen LogP contribution in [0.4, 0.5) is 0 Å². The van der Waals surface area contributed by atoms with Crippen molar-refractivity contribution in [3.05, 3.63) is 188 Å². The summed E-state index contributed by atoms with van der Waals surface area (Å²) in [4.78, 5) is 21.0. The van der Waals surface area contributed by atoms with Crippen molar-refractivity contribution in [2.75, 3.05) is 0 Å². The zero-order chi connectivity index (χ0) is 36.3. The van der Waals surface area contributed by atoms with Gasteiger partial charge in [-0.2, -0.15) is 0 Å². The Kier molecular flexibility index (Phi) is 7.10. The molecule has 11 rings (SSSR count). The number of aromatic nitrogens is 5. The van der Waals surface area contributed by atoms with Crippen LogP contribution in [0.5, 0.6) is 0 Å². The summed E-state index contributed by atoms with van der Waals surface area (Å²) in [6.45, 7) is 0. The quantitative estimate of drug-likeness (QED) is 0.168. The summed E-state index contributed by atoms with van der Waals surface area (Å²) < 4.78 is 2.17. The van der Waals surface area contributed by atoms with Gasteiger partial charge < -0.3 is 0 Å². The molecule has 11 aromatic rings. The lowest BCUT2D eigenvalue weighted by Gasteiger charge is -2.15. The smallest absolute Gasteiger partial charge is 0.137 e. The average molecular weight is 702 g/mol. The molecule has 5 heteroatoms. The number of imidazole rings is 1. The van der Waals surface area contributed by atoms with Gasteiger partial charge in [-0.05, 0) is 47.2 Å². The van der Waals surface area contributed by atoms with Gasteiger partial charge in [0.2, 0.25) is 0 Å². The molecule has 5 nitrogen and oxygen atoms in total. The number of benzene rings is 6. The van der Waals surface area contributed by atoms with Crippen molar-refractivity contribution in [1.29, 1.82) is 0 Å².